The van der Waals surface area contributed by atoms with Crippen LogP contribution in [0.2, 0.25) is 0 Å². The topological polar surface area (TPSA) is 46.5 Å². The van der Waals surface area contributed by atoms with E-state index in [9.17, 15) is 35.5 Å². The molecule has 0 radical (unpaired) electrons. The van der Waals surface area contributed by atoms with E-state index in [1.54, 1.807) is 6.08 Å². The van der Waals surface area contributed by atoms with Crippen molar-refractivity contribution in [3.63, 3.8) is 0 Å². The molecule has 0 rings (SSSR count). The molecule has 0 amide bonds. The summed E-state index contributed by atoms with van der Waals surface area (Å²) in [4.78, 5) is 10.4. The van der Waals surface area contributed by atoms with Crippen LogP contribution < -0.4 is 0 Å². The summed E-state index contributed by atoms with van der Waals surface area (Å²) in [6.45, 7) is 4.20. The molecule has 0 aromatic rings. The number of aliphatic hydroxyl groups is 1. The van der Waals surface area contributed by atoms with Gasteiger partial charge >= 0.3 is 24.0 Å². The zero-order chi connectivity index (χ0) is 19.4. The quantitative estimate of drug-likeness (QED) is 0.334. The van der Waals surface area contributed by atoms with Crippen molar-refractivity contribution in [1.29, 1.82) is 0 Å². The SMILES string of the molecule is C=CC(=O)OCC=CC(F)(C(F)(F)F)C(F)(F)F.CCC=CCO. The molecule has 140 valence electrons. The van der Waals surface area contributed by atoms with E-state index in [0.717, 1.165) is 6.42 Å². The Labute approximate surface area is 134 Å². The van der Waals surface area contributed by atoms with Gasteiger partial charge in [0.05, 0.1) is 6.61 Å². The van der Waals surface area contributed by atoms with Crippen LogP contribution in [-0.2, 0) is 9.53 Å². The third kappa shape index (κ3) is 8.70. The summed E-state index contributed by atoms with van der Waals surface area (Å²) in [5, 5.41) is 8.11. The first-order chi connectivity index (χ1) is 10.9. The van der Waals surface area contributed by atoms with Gasteiger partial charge in [0.25, 0.3) is 0 Å². The van der Waals surface area contributed by atoms with Gasteiger partial charge in [-0.05, 0) is 18.6 Å². The largest absolute Gasteiger partial charge is 0.458 e. The van der Waals surface area contributed by atoms with Crippen LogP contribution >= 0.6 is 0 Å². The van der Waals surface area contributed by atoms with Crippen molar-refractivity contribution in [3.8, 4) is 0 Å². The minimum Gasteiger partial charge on any atom is -0.458 e. The maximum Gasteiger partial charge on any atom is 0.435 e. The van der Waals surface area contributed by atoms with Gasteiger partial charge in [0, 0.05) is 6.08 Å². The highest BCUT2D eigenvalue weighted by atomic mass is 19.4. The maximum absolute atomic E-state index is 12.9. The van der Waals surface area contributed by atoms with Crippen LogP contribution in [-0.4, -0.2) is 42.3 Å². The fourth-order valence-corrected chi connectivity index (χ4v) is 0.991. The summed E-state index contributed by atoms with van der Waals surface area (Å²) in [6.07, 6.45) is -7.63. The van der Waals surface area contributed by atoms with Gasteiger partial charge in [0.2, 0.25) is 0 Å². The van der Waals surface area contributed by atoms with Crippen LogP contribution in [0.5, 0.6) is 0 Å². The number of rotatable bonds is 6. The molecule has 0 fully saturated rings. The molecule has 0 saturated carbocycles. The van der Waals surface area contributed by atoms with E-state index >= 15 is 0 Å². The highest BCUT2D eigenvalue weighted by Crippen LogP contribution is 2.47. The van der Waals surface area contributed by atoms with Gasteiger partial charge in [-0.25, -0.2) is 9.18 Å². The molecule has 0 atom stereocenters. The second-order valence-electron chi connectivity index (χ2n) is 4.01. The summed E-state index contributed by atoms with van der Waals surface area (Å²) >= 11 is 0. The number of halogens is 7. The van der Waals surface area contributed by atoms with Gasteiger partial charge in [-0.15, -0.1) is 0 Å². The Morgan fingerprint density at radius 3 is 1.83 bits per heavy atom. The van der Waals surface area contributed by atoms with Crippen molar-refractivity contribution in [2.45, 2.75) is 31.4 Å². The summed E-state index contributed by atoms with van der Waals surface area (Å²) in [5.41, 5.74) is -5.49. The summed E-state index contributed by atoms with van der Waals surface area (Å²) in [7, 11) is 0. The molecule has 0 unspecified atom stereocenters. The van der Waals surface area contributed by atoms with Crippen LogP contribution in [0.25, 0.3) is 0 Å². The van der Waals surface area contributed by atoms with Gasteiger partial charge in [-0.2, -0.15) is 26.3 Å². The Hall–Kier alpha value is -1.84. The Balaban J connectivity index is 0. The fraction of sp³-hybridized carbons (Fsp3) is 0.500. The number of alkyl halides is 7. The van der Waals surface area contributed by atoms with Crippen LogP contribution in [0, 0.1) is 0 Å². The van der Waals surface area contributed by atoms with Gasteiger partial charge in [-0.3, -0.25) is 0 Å². The monoisotopic (exact) mass is 366 g/mol. The lowest BCUT2D eigenvalue weighted by atomic mass is 10.0. The molecule has 0 aliphatic carbocycles. The van der Waals surface area contributed by atoms with Crippen LogP contribution in [0.3, 0.4) is 0 Å². The van der Waals surface area contributed by atoms with Crippen LogP contribution in [0.15, 0.2) is 37.0 Å². The minimum absolute atomic E-state index is 0.113. The zero-order valence-corrected chi connectivity index (χ0v) is 12.6. The van der Waals surface area contributed by atoms with Crippen LogP contribution in [0.4, 0.5) is 30.7 Å². The predicted molar refractivity (Wildman–Crippen MR) is 72.8 cm³/mol. The third-order valence-electron chi connectivity index (χ3n) is 2.17. The van der Waals surface area contributed by atoms with Gasteiger partial charge in [0.1, 0.15) is 6.61 Å². The van der Waals surface area contributed by atoms with Crippen molar-refractivity contribution in [3.05, 3.63) is 37.0 Å². The highest BCUT2D eigenvalue weighted by Gasteiger charge is 2.71. The lowest BCUT2D eigenvalue weighted by Gasteiger charge is -2.26. The molecule has 0 aliphatic heterocycles. The molecule has 0 aromatic heterocycles. The van der Waals surface area contributed by atoms with Crippen molar-refractivity contribution in [2.75, 3.05) is 13.2 Å². The van der Waals surface area contributed by atoms with E-state index in [1.165, 1.54) is 0 Å². The van der Waals surface area contributed by atoms with E-state index in [2.05, 4.69) is 11.3 Å². The second kappa shape index (κ2) is 10.8. The summed E-state index contributed by atoms with van der Waals surface area (Å²) < 4.78 is 88.9. The van der Waals surface area contributed by atoms with Crippen LogP contribution in [0.1, 0.15) is 13.3 Å². The van der Waals surface area contributed by atoms with Crippen molar-refractivity contribution < 1.29 is 45.4 Å². The molecule has 10 heteroatoms. The standard InChI is InChI=1S/C9H7F7O2.C5H10O/c1-2-6(17)18-5-3-4-7(10,8(11,12)13)9(14,15)16;1-2-3-4-5-6/h2-4H,1,5H2;3-4,6H,2,5H2,1H3. The molecule has 0 aliphatic rings. The zero-order valence-electron chi connectivity index (χ0n) is 12.6. The second-order valence-corrected chi connectivity index (χ2v) is 4.01. The van der Waals surface area contributed by atoms with Gasteiger partial charge in [-0.1, -0.05) is 25.7 Å². The number of hydrogen-bond donors (Lipinski definition) is 1. The third-order valence-corrected chi connectivity index (χ3v) is 2.17. The predicted octanol–water partition coefficient (Wildman–Crippen LogP) is 4.05. The number of carbonyl (C=O) groups is 1. The molecule has 0 heterocycles. The number of ether oxygens (including phenoxy) is 1. The number of hydrogen-bond acceptors (Lipinski definition) is 3. The first-order valence-corrected chi connectivity index (χ1v) is 6.42. The molecule has 0 bridgehead atoms. The molecule has 0 spiro atoms. The molecule has 24 heavy (non-hydrogen) atoms. The van der Waals surface area contributed by atoms with Crippen molar-refractivity contribution in [1.82, 2.24) is 0 Å². The summed E-state index contributed by atoms with van der Waals surface area (Å²) in [6, 6.07) is 0. The Morgan fingerprint density at radius 2 is 1.54 bits per heavy atom. The molecular weight excluding hydrogens is 349 g/mol. The van der Waals surface area contributed by atoms with Gasteiger partial charge in [0.15, 0.2) is 0 Å². The first-order valence-electron chi connectivity index (χ1n) is 6.42. The molecule has 0 aromatic carbocycles. The molecule has 1 N–H and O–H groups in total. The number of allylic oxidation sites excluding steroid dienone is 2. The fourth-order valence-electron chi connectivity index (χ4n) is 0.991. The van der Waals surface area contributed by atoms with E-state index in [0.29, 0.717) is 6.08 Å². The average molecular weight is 366 g/mol. The van der Waals surface area contributed by atoms with E-state index < -0.39 is 36.7 Å². The normalized spacial score (nSPS) is 12.9. The Kier molecular flexibility index (Phi) is 11.0. The average Bonchev–Trinajstić information content (AvgIpc) is 2.47. The van der Waals surface area contributed by atoms with E-state index in [1.807, 2.05) is 13.0 Å². The molecular formula is C14H17F7O3. The highest BCUT2D eigenvalue weighted by molar-refractivity contribution is 5.81. The van der Waals surface area contributed by atoms with Crippen molar-refractivity contribution in [2.24, 2.45) is 0 Å². The number of carbonyl (C=O) groups excluding carboxylic acids is 1. The smallest absolute Gasteiger partial charge is 0.435 e. The maximum atomic E-state index is 12.9. The van der Waals surface area contributed by atoms with Gasteiger partial charge < -0.3 is 9.84 Å². The molecule has 0 saturated heterocycles. The number of aliphatic hydroxyl groups excluding tert-OH is 1. The lowest BCUT2D eigenvalue weighted by molar-refractivity contribution is -0.322. The minimum atomic E-state index is -6.16. The number of esters is 1. The summed E-state index contributed by atoms with van der Waals surface area (Å²) in [5.74, 6) is -1.07. The first kappa shape index (κ1) is 24.4. The van der Waals surface area contributed by atoms with E-state index in [4.69, 9.17) is 5.11 Å². The Morgan fingerprint density at radius 1 is 1.04 bits per heavy atom. The lowest BCUT2D eigenvalue weighted by Crippen LogP contribution is -2.51. The molecule has 3 nitrogen and oxygen atoms in total. The Bertz CT molecular complexity index is 417. The van der Waals surface area contributed by atoms with E-state index in [-0.39, 0.29) is 12.7 Å². The van der Waals surface area contributed by atoms with Crippen molar-refractivity contribution >= 4 is 5.97 Å².